The van der Waals surface area contributed by atoms with Crippen molar-refractivity contribution < 1.29 is 29.0 Å². The van der Waals surface area contributed by atoms with Crippen LogP contribution in [0.4, 0.5) is 0 Å². The van der Waals surface area contributed by atoms with E-state index in [0.717, 1.165) is 12.2 Å². The van der Waals surface area contributed by atoms with Crippen LogP contribution in [0.5, 0.6) is 0 Å². The number of hydrogen-bond donors (Lipinski definition) is 3. The standard InChI is InChI=1S/C22H42N2O6S/c1-21(2,3)14-19(26)23-9-7-10-29-12-13-30-11-8-18(25)24-17(20(27)28)15-31-16-22(4,5)6/h17H,7-16H2,1-6H3,(H,23,26)(H,24,25)(H,27,28)/t17-/m0/s1. The molecule has 0 aliphatic rings. The third-order valence-corrected chi connectivity index (χ3v) is 5.42. The highest BCUT2D eigenvalue weighted by Gasteiger charge is 2.21. The fraction of sp³-hybridized carbons (Fsp3) is 0.864. The van der Waals surface area contributed by atoms with Gasteiger partial charge in [0.2, 0.25) is 11.8 Å². The number of carbonyl (C=O) groups is 3. The minimum Gasteiger partial charge on any atom is -0.480 e. The van der Waals surface area contributed by atoms with E-state index in [1.54, 1.807) is 0 Å². The molecule has 0 rings (SSSR count). The maximum Gasteiger partial charge on any atom is 0.327 e. The van der Waals surface area contributed by atoms with Crippen LogP contribution in [0.15, 0.2) is 0 Å². The summed E-state index contributed by atoms with van der Waals surface area (Å²) in [5.41, 5.74) is 0.0857. The number of carboxylic acid groups (broad SMARTS) is 1. The van der Waals surface area contributed by atoms with Gasteiger partial charge in [-0.25, -0.2) is 4.79 Å². The Balaban J connectivity index is 3.71. The van der Waals surface area contributed by atoms with Crippen molar-refractivity contribution in [3.8, 4) is 0 Å². The summed E-state index contributed by atoms with van der Waals surface area (Å²) in [7, 11) is 0. The highest BCUT2D eigenvalue weighted by atomic mass is 32.2. The second-order valence-electron chi connectivity index (χ2n) is 9.95. The highest BCUT2D eigenvalue weighted by molar-refractivity contribution is 7.99. The lowest BCUT2D eigenvalue weighted by Crippen LogP contribution is -2.43. The normalized spacial score (nSPS) is 13.0. The van der Waals surface area contributed by atoms with Crippen molar-refractivity contribution in [2.45, 2.75) is 66.8 Å². The minimum absolute atomic E-state index is 0.0193. The summed E-state index contributed by atoms with van der Waals surface area (Å²) in [6, 6.07) is -0.896. The first-order valence-electron chi connectivity index (χ1n) is 10.8. The number of carbonyl (C=O) groups excluding carboxylic acids is 2. The molecule has 2 amide bonds. The number of carboxylic acids is 1. The van der Waals surface area contributed by atoms with E-state index in [4.69, 9.17) is 9.47 Å². The van der Waals surface area contributed by atoms with Gasteiger partial charge in [-0.1, -0.05) is 41.5 Å². The number of thioether (sulfide) groups is 1. The van der Waals surface area contributed by atoms with E-state index in [2.05, 4.69) is 31.4 Å². The van der Waals surface area contributed by atoms with Crippen molar-refractivity contribution in [2.24, 2.45) is 10.8 Å². The molecule has 182 valence electrons. The molecule has 0 aromatic rings. The molecule has 0 aliphatic heterocycles. The zero-order valence-electron chi connectivity index (χ0n) is 20.0. The quantitative estimate of drug-likeness (QED) is 0.302. The fourth-order valence-electron chi connectivity index (χ4n) is 2.36. The molecule has 0 unspecified atom stereocenters. The van der Waals surface area contributed by atoms with Crippen LogP contribution in [0.1, 0.15) is 60.8 Å². The molecular weight excluding hydrogens is 420 g/mol. The van der Waals surface area contributed by atoms with Gasteiger partial charge in [0.1, 0.15) is 6.04 Å². The summed E-state index contributed by atoms with van der Waals surface area (Å²) in [5, 5.41) is 14.7. The third kappa shape index (κ3) is 20.3. The predicted molar refractivity (Wildman–Crippen MR) is 124 cm³/mol. The van der Waals surface area contributed by atoms with Gasteiger partial charge in [-0.2, -0.15) is 11.8 Å². The van der Waals surface area contributed by atoms with Gasteiger partial charge in [0, 0.05) is 31.7 Å². The number of nitrogens with one attached hydrogen (secondary N) is 2. The Kier molecular flexibility index (Phi) is 14.8. The van der Waals surface area contributed by atoms with Gasteiger partial charge in [0.05, 0.1) is 19.8 Å². The van der Waals surface area contributed by atoms with Gasteiger partial charge in [-0.3, -0.25) is 9.59 Å². The number of rotatable bonds is 16. The zero-order valence-corrected chi connectivity index (χ0v) is 20.9. The van der Waals surface area contributed by atoms with E-state index in [9.17, 15) is 19.5 Å². The lowest BCUT2D eigenvalue weighted by Gasteiger charge is -2.19. The number of ether oxygens (including phenoxy) is 2. The smallest absolute Gasteiger partial charge is 0.327 e. The largest absolute Gasteiger partial charge is 0.480 e. The summed E-state index contributed by atoms with van der Waals surface area (Å²) in [5.74, 6) is -0.163. The van der Waals surface area contributed by atoms with Crippen LogP contribution in [0.3, 0.4) is 0 Å². The Bertz CT molecular complexity index is 543. The Hall–Kier alpha value is -1.32. The monoisotopic (exact) mass is 462 g/mol. The Labute approximate surface area is 191 Å². The van der Waals surface area contributed by atoms with Crippen molar-refractivity contribution in [3.63, 3.8) is 0 Å². The van der Waals surface area contributed by atoms with E-state index in [1.165, 1.54) is 11.8 Å². The second-order valence-corrected chi connectivity index (χ2v) is 11.0. The molecule has 0 spiro atoms. The number of amides is 2. The van der Waals surface area contributed by atoms with Crippen molar-refractivity contribution >= 4 is 29.5 Å². The summed E-state index contributed by atoms with van der Waals surface area (Å²) < 4.78 is 10.8. The first-order valence-corrected chi connectivity index (χ1v) is 12.0. The van der Waals surface area contributed by atoms with Crippen molar-refractivity contribution in [1.29, 1.82) is 0 Å². The van der Waals surface area contributed by atoms with Gasteiger partial charge in [0.25, 0.3) is 0 Å². The molecule has 0 fully saturated rings. The first-order chi connectivity index (χ1) is 14.3. The molecule has 0 bridgehead atoms. The van der Waals surface area contributed by atoms with Gasteiger partial charge in [-0.15, -0.1) is 0 Å². The molecule has 0 radical (unpaired) electrons. The van der Waals surface area contributed by atoms with Crippen LogP contribution in [0.25, 0.3) is 0 Å². The number of hydrogen-bond acceptors (Lipinski definition) is 6. The summed E-state index contributed by atoms with van der Waals surface area (Å²) in [6.07, 6.45) is 1.33. The van der Waals surface area contributed by atoms with Crippen LogP contribution in [-0.4, -0.2) is 73.4 Å². The molecule has 0 heterocycles. The van der Waals surface area contributed by atoms with Crippen LogP contribution in [-0.2, 0) is 23.9 Å². The average molecular weight is 463 g/mol. The van der Waals surface area contributed by atoms with Gasteiger partial charge >= 0.3 is 5.97 Å². The Morgan fingerprint density at radius 2 is 1.52 bits per heavy atom. The predicted octanol–water partition coefficient (Wildman–Crippen LogP) is 2.70. The first kappa shape index (κ1) is 29.7. The summed E-state index contributed by atoms with van der Waals surface area (Å²) in [4.78, 5) is 34.9. The van der Waals surface area contributed by atoms with Crippen molar-refractivity contribution in [1.82, 2.24) is 10.6 Å². The molecule has 0 saturated heterocycles. The summed E-state index contributed by atoms with van der Waals surface area (Å²) in [6.45, 7) is 14.4. The lowest BCUT2D eigenvalue weighted by atomic mass is 9.92. The number of aliphatic carboxylic acids is 1. The topological polar surface area (TPSA) is 114 Å². The van der Waals surface area contributed by atoms with Crippen LogP contribution >= 0.6 is 11.8 Å². The maximum absolute atomic E-state index is 11.9. The molecule has 31 heavy (non-hydrogen) atoms. The molecule has 1 atom stereocenters. The molecule has 0 aliphatic carbocycles. The third-order valence-electron chi connectivity index (χ3n) is 3.78. The van der Waals surface area contributed by atoms with Crippen molar-refractivity contribution in [3.05, 3.63) is 0 Å². The van der Waals surface area contributed by atoms with Gasteiger partial charge in [0.15, 0.2) is 0 Å². The van der Waals surface area contributed by atoms with Crippen LogP contribution in [0, 0.1) is 10.8 Å². The molecular formula is C22H42N2O6S. The summed E-state index contributed by atoms with van der Waals surface area (Å²) >= 11 is 1.52. The van der Waals surface area contributed by atoms with Crippen LogP contribution < -0.4 is 10.6 Å². The molecule has 0 aromatic carbocycles. The maximum atomic E-state index is 11.9. The highest BCUT2D eigenvalue weighted by Crippen LogP contribution is 2.21. The average Bonchev–Trinajstić information content (AvgIpc) is 2.59. The van der Waals surface area contributed by atoms with E-state index in [1.807, 2.05) is 20.8 Å². The molecule has 0 aromatic heterocycles. The molecule has 3 N–H and O–H groups in total. The van der Waals surface area contributed by atoms with E-state index < -0.39 is 12.0 Å². The minimum atomic E-state index is -1.03. The van der Waals surface area contributed by atoms with Gasteiger partial charge < -0.3 is 25.2 Å². The molecule has 8 nitrogen and oxygen atoms in total. The fourth-order valence-corrected chi connectivity index (χ4v) is 3.55. The molecule has 9 heteroatoms. The SMILES string of the molecule is CC(C)(C)CSC[C@H](NC(=O)CCOCCOCCCNC(=O)CC(C)(C)C)C(=O)O. The van der Waals surface area contributed by atoms with Crippen molar-refractivity contribution in [2.75, 3.05) is 44.5 Å². The second kappa shape index (κ2) is 15.5. The van der Waals surface area contributed by atoms with E-state index >= 15 is 0 Å². The van der Waals surface area contributed by atoms with E-state index in [0.29, 0.717) is 38.5 Å². The van der Waals surface area contributed by atoms with Crippen LogP contribution in [0.2, 0.25) is 0 Å². The van der Waals surface area contributed by atoms with E-state index in [-0.39, 0.29) is 35.7 Å². The lowest BCUT2D eigenvalue weighted by molar-refractivity contribution is -0.141. The zero-order chi connectivity index (χ0) is 23.9. The van der Waals surface area contributed by atoms with Gasteiger partial charge in [-0.05, 0) is 23.0 Å². The Morgan fingerprint density at radius 3 is 2.06 bits per heavy atom. The molecule has 0 saturated carbocycles. The Morgan fingerprint density at radius 1 is 0.903 bits per heavy atom.